The maximum atomic E-state index is 12.9. The number of nitrogens with one attached hydrogen (secondary N) is 1. The molecule has 23 heavy (non-hydrogen) atoms. The third-order valence-corrected chi connectivity index (χ3v) is 3.38. The first-order valence-electron chi connectivity index (χ1n) is 7.08. The van der Waals surface area contributed by atoms with Crippen LogP contribution in [0.3, 0.4) is 0 Å². The number of alkyl halides is 2. The molecule has 1 aliphatic carbocycles. The number of rotatable bonds is 6. The standard InChI is InChI=1S/C15H16F2N2O4/c1-2-23-14(20)6-3-10-7-12(19(21)22)4-5-13(10)18-11-8-15(16,17)9-11/h3-7,11,18H,2,8-9H2,1H3/b6-3+. The second-order valence-corrected chi connectivity index (χ2v) is 5.22. The number of hydrogen-bond donors (Lipinski definition) is 1. The van der Waals surface area contributed by atoms with E-state index in [2.05, 4.69) is 5.32 Å². The number of carbonyl (C=O) groups excluding carboxylic acids is 1. The number of nitrogens with zero attached hydrogens (tertiary/aromatic N) is 1. The van der Waals surface area contributed by atoms with Crippen LogP contribution in [-0.4, -0.2) is 29.5 Å². The number of nitro groups is 1. The molecule has 0 spiro atoms. The van der Waals surface area contributed by atoms with Gasteiger partial charge in [-0.05, 0) is 19.1 Å². The summed E-state index contributed by atoms with van der Waals surface area (Å²) in [6, 6.07) is 3.59. The van der Waals surface area contributed by atoms with E-state index in [1.165, 1.54) is 24.3 Å². The molecule has 124 valence electrons. The van der Waals surface area contributed by atoms with Gasteiger partial charge in [0.15, 0.2) is 0 Å². The van der Waals surface area contributed by atoms with Crippen molar-refractivity contribution >= 4 is 23.4 Å². The molecule has 1 saturated carbocycles. The normalized spacial score (nSPS) is 16.8. The Labute approximate surface area is 131 Å². The molecule has 0 heterocycles. The van der Waals surface area contributed by atoms with Gasteiger partial charge in [-0.25, -0.2) is 13.6 Å². The van der Waals surface area contributed by atoms with Crippen LogP contribution in [0, 0.1) is 10.1 Å². The Morgan fingerprint density at radius 2 is 2.22 bits per heavy atom. The molecule has 0 bridgehead atoms. The van der Waals surface area contributed by atoms with Crippen LogP contribution in [0.5, 0.6) is 0 Å². The number of ether oxygens (including phenoxy) is 1. The van der Waals surface area contributed by atoms with Crippen molar-refractivity contribution in [2.24, 2.45) is 0 Å². The number of carbonyl (C=O) groups is 1. The first-order valence-corrected chi connectivity index (χ1v) is 7.08. The van der Waals surface area contributed by atoms with Crippen molar-refractivity contribution in [2.45, 2.75) is 31.7 Å². The highest BCUT2D eigenvalue weighted by Gasteiger charge is 2.45. The highest BCUT2D eigenvalue weighted by Crippen LogP contribution is 2.39. The second-order valence-electron chi connectivity index (χ2n) is 5.22. The average molecular weight is 326 g/mol. The molecule has 0 unspecified atom stereocenters. The largest absolute Gasteiger partial charge is 0.463 e. The van der Waals surface area contributed by atoms with E-state index in [1.54, 1.807) is 6.92 Å². The third-order valence-electron chi connectivity index (χ3n) is 3.38. The number of anilines is 1. The van der Waals surface area contributed by atoms with Gasteiger partial charge in [0.1, 0.15) is 0 Å². The summed E-state index contributed by atoms with van der Waals surface area (Å²) in [5, 5.41) is 13.8. The highest BCUT2D eigenvalue weighted by molar-refractivity contribution is 5.88. The lowest BCUT2D eigenvalue weighted by atomic mass is 9.88. The molecular weight excluding hydrogens is 310 g/mol. The summed E-state index contributed by atoms with van der Waals surface area (Å²) >= 11 is 0. The molecule has 0 aromatic heterocycles. The summed E-state index contributed by atoms with van der Waals surface area (Å²) in [7, 11) is 0. The van der Waals surface area contributed by atoms with Crippen LogP contribution < -0.4 is 5.32 Å². The Hall–Kier alpha value is -2.51. The van der Waals surface area contributed by atoms with Gasteiger partial charge in [-0.2, -0.15) is 0 Å². The van der Waals surface area contributed by atoms with E-state index < -0.39 is 22.9 Å². The van der Waals surface area contributed by atoms with E-state index in [-0.39, 0.29) is 25.1 Å². The van der Waals surface area contributed by atoms with Crippen LogP contribution >= 0.6 is 0 Å². The maximum Gasteiger partial charge on any atom is 0.330 e. The molecule has 1 fully saturated rings. The molecule has 8 heteroatoms. The van der Waals surface area contributed by atoms with E-state index in [0.717, 1.165) is 6.08 Å². The Morgan fingerprint density at radius 3 is 2.78 bits per heavy atom. The number of halogens is 2. The SMILES string of the molecule is CCOC(=O)/C=C/c1cc([N+](=O)[O-])ccc1NC1CC(F)(F)C1. The van der Waals surface area contributed by atoms with Gasteiger partial charge in [-0.1, -0.05) is 0 Å². The van der Waals surface area contributed by atoms with Crippen LogP contribution in [-0.2, 0) is 9.53 Å². The quantitative estimate of drug-likeness (QED) is 0.375. The summed E-state index contributed by atoms with van der Waals surface area (Å²) in [5.74, 6) is -3.25. The van der Waals surface area contributed by atoms with Gasteiger partial charge in [0.2, 0.25) is 0 Å². The van der Waals surface area contributed by atoms with E-state index in [9.17, 15) is 23.7 Å². The topological polar surface area (TPSA) is 81.5 Å². The fraction of sp³-hybridized carbons (Fsp3) is 0.400. The van der Waals surface area contributed by atoms with E-state index in [4.69, 9.17) is 4.74 Å². The van der Waals surface area contributed by atoms with E-state index in [1.807, 2.05) is 0 Å². The number of hydrogen-bond acceptors (Lipinski definition) is 5. The van der Waals surface area contributed by atoms with Crippen molar-refractivity contribution in [1.29, 1.82) is 0 Å². The van der Waals surface area contributed by atoms with Crippen LogP contribution in [0.2, 0.25) is 0 Å². The lowest BCUT2D eigenvalue weighted by molar-refractivity contribution is -0.384. The fourth-order valence-corrected chi connectivity index (χ4v) is 2.26. The Bertz CT molecular complexity index is 638. The third kappa shape index (κ3) is 4.48. The summed E-state index contributed by atoms with van der Waals surface area (Å²) < 4.78 is 30.5. The molecule has 6 nitrogen and oxygen atoms in total. The molecular formula is C15H16F2N2O4. The van der Waals surface area contributed by atoms with Gasteiger partial charge >= 0.3 is 5.97 Å². The van der Waals surface area contributed by atoms with Gasteiger partial charge in [-0.15, -0.1) is 0 Å². The predicted molar refractivity (Wildman–Crippen MR) is 80.4 cm³/mol. The minimum atomic E-state index is -2.67. The summed E-state index contributed by atoms with van der Waals surface area (Å²) in [4.78, 5) is 21.6. The van der Waals surface area contributed by atoms with Crippen molar-refractivity contribution in [3.8, 4) is 0 Å². The molecule has 0 radical (unpaired) electrons. The van der Waals surface area contributed by atoms with Crippen molar-refractivity contribution < 1.29 is 23.2 Å². The smallest absolute Gasteiger partial charge is 0.330 e. The van der Waals surface area contributed by atoms with Crippen molar-refractivity contribution in [3.05, 3.63) is 40.0 Å². The minimum Gasteiger partial charge on any atom is -0.463 e. The minimum absolute atomic E-state index is 0.155. The number of nitro benzene ring substituents is 1. The van der Waals surface area contributed by atoms with Gasteiger partial charge < -0.3 is 10.1 Å². The predicted octanol–water partition coefficient (Wildman–Crippen LogP) is 3.38. The first-order chi connectivity index (χ1) is 10.8. The number of non-ortho nitro benzene ring substituents is 1. The maximum absolute atomic E-state index is 12.9. The molecule has 1 aromatic carbocycles. The van der Waals surface area contributed by atoms with Crippen LogP contribution in [0.4, 0.5) is 20.2 Å². The Kier molecular flexibility index (Phi) is 4.92. The average Bonchev–Trinajstić information content (AvgIpc) is 2.44. The molecule has 0 aliphatic heterocycles. The van der Waals surface area contributed by atoms with Gasteiger partial charge in [0.25, 0.3) is 11.6 Å². The zero-order valence-electron chi connectivity index (χ0n) is 12.4. The number of benzene rings is 1. The molecule has 0 saturated heterocycles. The molecule has 1 aromatic rings. The lowest BCUT2D eigenvalue weighted by Gasteiger charge is -2.36. The van der Waals surface area contributed by atoms with Crippen LogP contribution in [0.15, 0.2) is 24.3 Å². The molecule has 2 rings (SSSR count). The second kappa shape index (κ2) is 6.72. The van der Waals surface area contributed by atoms with E-state index >= 15 is 0 Å². The van der Waals surface area contributed by atoms with Crippen LogP contribution in [0.1, 0.15) is 25.3 Å². The van der Waals surface area contributed by atoms with Gasteiger partial charge in [0.05, 0.1) is 11.5 Å². The lowest BCUT2D eigenvalue weighted by Crippen LogP contribution is -2.44. The van der Waals surface area contributed by atoms with Gasteiger partial charge in [0, 0.05) is 48.3 Å². The fourth-order valence-electron chi connectivity index (χ4n) is 2.26. The molecule has 1 N–H and O–H groups in total. The van der Waals surface area contributed by atoms with Gasteiger partial charge in [-0.3, -0.25) is 10.1 Å². The highest BCUT2D eigenvalue weighted by atomic mass is 19.3. The van der Waals surface area contributed by atoms with E-state index in [0.29, 0.717) is 11.3 Å². The number of esters is 1. The molecule has 0 amide bonds. The Balaban J connectivity index is 2.19. The monoisotopic (exact) mass is 326 g/mol. The first kappa shape index (κ1) is 16.9. The van der Waals surface area contributed by atoms with Crippen molar-refractivity contribution in [1.82, 2.24) is 0 Å². The summed E-state index contributed by atoms with van der Waals surface area (Å²) in [5.41, 5.74) is 0.664. The van der Waals surface area contributed by atoms with Crippen LogP contribution in [0.25, 0.3) is 6.08 Å². The molecule has 0 atom stereocenters. The zero-order chi connectivity index (χ0) is 17.0. The molecule has 1 aliphatic rings. The van der Waals surface area contributed by atoms with Crippen molar-refractivity contribution in [2.75, 3.05) is 11.9 Å². The van der Waals surface area contributed by atoms with Crippen molar-refractivity contribution in [3.63, 3.8) is 0 Å². The zero-order valence-corrected chi connectivity index (χ0v) is 12.4. The Morgan fingerprint density at radius 1 is 1.52 bits per heavy atom. The summed E-state index contributed by atoms with van der Waals surface area (Å²) in [6.07, 6.45) is 1.93. The summed E-state index contributed by atoms with van der Waals surface area (Å²) in [6.45, 7) is 1.86.